The van der Waals surface area contributed by atoms with Gasteiger partial charge in [0.15, 0.2) is 0 Å². The van der Waals surface area contributed by atoms with Crippen molar-refractivity contribution in [2.24, 2.45) is 5.92 Å². The van der Waals surface area contributed by atoms with Gasteiger partial charge in [0.1, 0.15) is 5.75 Å². The average Bonchev–Trinajstić information content (AvgIpc) is 2.75. The molecule has 0 spiro atoms. The number of hydrogen-bond acceptors (Lipinski definition) is 3. The van der Waals surface area contributed by atoms with Gasteiger partial charge in [-0.3, -0.25) is 4.79 Å². The lowest BCUT2D eigenvalue weighted by Crippen LogP contribution is -2.41. The van der Waals surface area contributed by atoms with Gasteiger partial charge in [-0.1, -0.05) is 38.0 Å². The summed E-state index contributed by atoms with van der Waals surface area (Å²) < 4.78 is 5.54. The van der Waals surface area contributed by atoms with Crippen molar-refractivity contribution < 1.29 is 9.53 Å². The quantitative estimate of drug-likeness (QED) is 0.618. The van der Waals surface area contributed by atoms with E-state index in [4.69, 9.17) is 9.72 Å². The van der Waals surface area contributed by atoms with Crippen LogP contribution >= 0.6 is 0 Å². The maximum absolute atomic E-state index is 13.2. The average molecular weight is 389 g/mol. The maximum Gasteiger partial charge on any atom is 0.252 e. The molecule has 0 bridgehead atoms. The SMILES string of the molecule is CCOc1ccc(-c2cc(C(=O)NC3CCCCC3C)c3ccccc3n2)cc1. The Morgan fingerprint density at radius 3 is 2.62 bits per heavy atom. The van der Waals surface area contributed by atoms with Crippen molar-refractivity contribution in [3.63, 3.8) is 0 Å². The third kappa shape index (κ3) is 4.26. The topological polar surface area (TPSA) is 51.2 Å². The molecule has 0 aliphatic heterocycles. The van der Waals surface area contributed by atoms with Crippen LogP contribution in [-0.4, -0.2) is 23.5 Å². The van der Waals surface area contributed by atoms with E-state index >= 15 is 0 Å². The van der Waals surface area contributed by atoms with Gasteiger partial charge in [0.25, 0.3) is 5.91 Å². The largest absolute Gasteiger partial charge is 0.494 e. The molecule has 4 rings (SSSR count). The van der Waals surface area contributed by atoms with E-state index in [-0.39, 0.29) is 11.9 Å². The molecule has 1 aliphatic carbocycles. The fourth-order valence-electron chi connectivity index (χ4n) is 4.18. The number of rotatable bonds is 5. The monoisotopic (exact) mass is 388 g/mol. The van der Waals surface area contributed by atoms with E-state index in [0.717, 1.165) is 34.3 Å². The number of nitrogens with zero attached hydrogens (tertiary/aromatic N) is 1. The summed E-state index contributed by atoms with van der Waals surface area (Å²) in [6.07, 6.45) is 4.68. The molecule has 3 aromatic rings. The standard InChI is InChI=1S/C25H28N2O2/c1-3-29-19-14-12-18(13-15-19)24-16-21(20-9-5-7-11-23(20)26-24)25(28)27-22-10-6-4-8-17(22)2/h5,7,9,11-17,22H,3-4,6,8,10H2,1-2H3,(H,27,28). The van der Waals surface area contributed by atoms with Crippen molar-refractivity contribution in [2.45, 2.75) is 45.6 Å². The minimum absolute atomic E-state index is 0.00506. The second-order valence-electron chi connectivity index (χ2n) is 7.87. The molecule has 0 saturated heterocycles. The lowest BCUT2D eigenvalue weighted by molar-refractivity contribution is 0.0912. The van der Waals surface area contributed by atoms with E-state index in [1.807, 2.05) is 61.5 Å². The number of amides is 1. The fourth-order valence-corrected chi connectivity index (χ4v) is 4.18. The summed E-state index contributed by atoms with van der Waals surface area (Å²) in [5.41, 5.74) is 3.30. The van der Waals surface area contributed by atoms with Crippen LogP contribution in [-0.2, 0) is 0 Å². The summed E-state index contributed by atoms with van der Waals surface area (Å²) in [6, 6.07) is 17.9. The second kappa shape index (κ2) is 8.64. The summed E-state index contributed by atoms with van der Waals surface area (Å²) in [5, 5.41) is 4.19. The van der Waals surface area contributed by atoms with Crippen LogP contribution in [0, 0.1) is 5.92 Å². The van der Waals surface area contributed by atoms with Crippen LogP contribution in [0.15, 0.2) is 54.6 Å². The first-order valence-electron chi connectivity index (χ1n) is 10.6. The van der Waals surface area contributed by atoms with Gasteiger partial charge in [0.2, 0.25) is 0 Å². The first-order valence-corrected chi connectivity index (χ1v) is 10.6. The molecule has 4 heteroatoms. The van der Waals surface area contributed by atoms with Gasteiger partial charge in [-0.2, -0.15) is 0 Å². The summed E-state index contributed by atoms with van der Waals surface area (Å²) >= 11 is 0. The van der Waals surface area contributed by atoms with Crippen molar-refractivity contribution in [1.29, 1.82) is 0 Å². The molecular weight excluding hydrogens is 360 g/mol. The molecule has 1 amide bonds. The third-order valence-corrected chi connectivity index (χ3v) is 5.85. The zero-order valence-corrected chi connectivity index (χ0v) is 17.2. The summed E-state index contributed by atoms with van der Waals surface area (Å²) in [6.45, 7) is 4.84. The molecule has 1 aliphatic rings. The van der Waals surface area contributed by atoms with Crippen LogP contribution in [0.4, 0.5) is 0 Å². The highest BCUT2D eigenvalue weighted by Gasteiger charge is 2.24. The van der Waals surface area contributed by atoms with Gasteiger partial charge in [-0.05, 0) is 62.1 Å². The van der Waals surface area contributed by atoms with Crippen LogP contribution in [0.25, 0.3) is 22.2 Å². The Kier molecular flexibility index (Phi) is 5.79. The highest BCUT2D eigenvalue weighted by Crippen LogP contribution is 2.28. The van der Waals surface area contributed by atoms with Gasteiger partial charge < -0.3 is 10.1 Å². The number of hydrogen-bond donors (Lipinski definition) is 1. The van der Waals surface area contributed by atoms with Gasteiger partial charge in [-0.25, -0.2) is 4.98 Å². The van der Waals surface area contributed by atoms with Gasteiger partial charge in [0, 0.05) is 17.0 Å². The lowest BCUT2D eigenvalue weighted by Gasteiger charge is -2.29. The molecule has 1 N–H and O–H groups in total. The molecular formula is C25H28N2O2. The first-order chi connectivity index (χ1) is 14.2. The van der Waals surface area contributed by atoms with Gasteiger partial charge in [-0.15, -0.1) is 0 Å². The van der Waals surface area contributed by atoms with Crippen LogP contribution in [0.1, 0.15) is 49.9 Å². The van der Waals surface area contributed by atoms with E-state index in [0.29, 0.717) is 18.1 Å². The predicted octanol–water partition coefficient (Wildman–Crippen LogP) is 5.61. The molecule has 1 fully saturated rings. The van der Waals surface area contributed by atoms with Gasteiger partial charge in [0.05, 0.1) is 23.4 Å². The van der Waals surface area contributed by atoms with Gasteiger partial charge >= 0.3 is 0 Å². The number of carbonyl (C=O) groups excluding carboxylic acids is 1. The Hall–Kier alpha value is -2.88. The highest BCUT2D eigenvalue weighted by atomic mass is 16.5. The van der Waals surface area contributed by atoms with Crippen molar-refractivity contribution in [2.75, 3.05) is 6.61 Å². The normalized spacial score (nSPS) is 19.1. The summed E-state index contributed by atoms with van der Waals surface area (Å²) in [7, 11) is 0. The van der Waals surface area contributed by atoms with E-state index in [1.165, 1.54) is 19.3 Å². The second-order valence-corrected chi connectivity index (χ2v) is 7.87. The summed E-state index contributed by atoms with van der Waals surface area (Å²) in [5.74, 6) is 1.35. The number of nitrogens with one attached hydrogen (secondary N) is 1. The minimum Gasteiger partial charge on any atom is -0.494 e. The molecule has 2 atom stereocenters. The molecule has 1 heterocycles. The van der Waals surface area contributed by atoms with Crippen LogP contribution in [0.5, 0.6) is 5.75 Å². The van der Waals surface area contributed by atoms with Crippen molar-refractivity contribution in [3.8, 4) is 17.0 Å². The lowest BCUT2D eigenvalue weighted by atomic mass is 9.85. The Labute approximate surface area is 172 Å². The number of ether oxygens (including phenoxy) is 1. The smallest absolute Gasteiger partial charge is 0.252 e. The van der Waals surface area contributed by atoms with Crippen molar-refractivity contribution in [3.05, 3.63) is 60.2 Å². The minimum atomic E-state index is -0.00506. The molecule has 1 saturated carbocycles. The van der Waals surface area contributed by atoms with E-state index < -0.39 is 0 Å². The predicted molar refractivity (Wildman–Crippen MR) is 117 cm³/mol. The number of carbonyl (C=O) groups is 1. The number of pyridine rings is 1. The molecule has 2 unspecified atom stereocenters. The van der Waals surface area contributed by atoms with Crippen molar-refractivity contribution in [1.82, 2.24) is 10.3 Å². The Balaban J connectivity index is 1.69. The number of benzene rings is 2. The number of fused-ring (bicyclic) bond motifs is 1. The van der Waals surface area contributed by atoms with E-state index in [9.17, 15) is 4.79 Å². The van der Waals surface area contributed by atoms with E-state index in [1.54, 1.807) is 0 Å². The third-order valence-electron chi connectivity index (χ3n) is 5.85. The zero-order valence-electron chi connectivity index (χ0n) is 17.2. The summed E-state index contributed by atoms with van der Waals surface area (Å²) in [4.78, 5) is 18.0. The molecule has 29 heavy (non-hydrogen) atoms. The highest BCUT2D eigenvalue weighted by molar-refractivity contribution is 6.07. The Morgan fingerprint density at radius 1 is 1.10 bits per heavy atom. The first kappa shape index (κ1) is 19.4. The Bertz CT molecular complexity index is 997. The zero-order chi connectivity index (χ0) is 20.2. The maximum atomic E-state index is 13.2. The van der Waals surface area contributed by atoms with Crippen LogP contribution in [0.2, 0.25) is 0 Å². The van der Waals surface area contributed by atoms with E-state index in [2.05, 4.69) is 12.2 Å². The molecule has 0 radical (unpaired) electrons. The number of para-hydroxylation sites is 1. The van der Waals surface area contributed by atoms with Crippen LogP contribution < -0.4 is 10.1 Å². The number of aromatic nitrogens is 1. The van der Waals surface area contributed by atoms with Crippen LogP contribution in [0.3, 0.4) is 0 Å². The molecule has 150 valence electrons. The van der Waals surface area contributed by atoms with Crippen molar-refractivity contribution >= 4 is 16.8 Å². The molecule has 2 aromatic carbocycles. The Morgan fingerprint density at radius 2 is 1.86 bits per heavy atom. The fraction of sp³-hybridized carbons (Fsp3) is 0.360. The molecule has 4 nitrogen and oxygen atoms in total. The molecule has 1 aromatic heterocycles.